The average Bonchev–Trinajstić information content (AvgIpc) is 2.69. The minimum absolute atomic E-state index is 0.326. The first-order valence-electron chi connectivity index (χ1n) is 7.16. The fourth-order valence-electron chi connectivity index (χ4n) is 1.53. The van der Waals surface area contributed by atoms with E-state index in [1.807, 2.05) is 46.2 Å². The SMILES string of the molecule is CCOc1cc(C(=O)O[Si](C)(C)C)sc1C(=O)O[Si](C)(C)C. The van der Waals surface area contributed by atoms with E-state index in [0.717, 1.165) is 11.3 Å². The second-order valence-electron chi connectivity index (χ2n) is 6.74. The van der Waals surface area contributed by atoms with Gasteiger partial charge >= 0.3 is 11.9 Å². The Kier molecular flexibility index (Phi) is 5.99. The first-order chi connectivity index (χ1) is 9.93. The van der Waals surface area contributed by atoms with Crippen LogP contribution in [0, 0.1) is 0 Å². The molecule has 8 heteroatoms. The van der Waals surface area contributed by atoms with Crippen molar-refractivity contribution in [3.8, 4) is 5.75 Å². The lowest BCUT2D eigenvalue weighted by Gasteiger charge is -2.17. The summed E-state index contributed by atoms with van der Waals surface area (Å²) in [6, 6.07) is 1.57. The lowest BCUT2D eigenvalue weighted by Crippen LogP contribution is -2.29. The minimum Gasteiger partial charge on any atom is -0.516 e. The Morgan fingerprint density at radius 1 is 1.00 bits per heavy atom. The van der Waals surface area contributed by atoms with Crippen LogP contribution in [0.2, 0.25) is 39.3 Å². The molecule has 0 bridgehead atoms. The van der Waals surface area contributed by atoms with Gasteiger partial charge in [-0.2, -0.15) is 0 Å². The van der Waals surface area contributed by atoms with E-state index in [-0.39, 0.29) is 0 Å². The summed E-state index contributed by atoms with van der Waals surface area (Å²) in [6.45, 7) is 13.8. The van der Waals surface area contributed by atoms with Gasteiger partial charge in [0.2, 0.25) is 16.6 Å². The smallest absolute Gasteiger partial charge is 0.338 e. The average molecular weight is 361 g/mol. The predicted octanol–water partition coefficient (Wildman–Crippen LogP) is 4.13. The number of hydrogen-bond donors (Lipinski definition) is 0. The molecule has 22 heavy (non-hydrogen) atoms. The van der Waals surface area contributed by atoms with Crippen LogP contribution in [-0.4, -0.2) is 35.2 Å². The van der Waals surface area contributed by atoms with Crippen molar-refractivity contribution in [2.24, 2.45) is 0 Å². The molecule has 0 atom stereocenters. The van der Waals surface area contributed by atoms with Crippen molar-refractivity contribution in [2.75, 3.05) is 6.61 Å². The Morgan fingerprint density at radius 2 is 1.50 bits per heavy atom. The van der Waals surface area contributed by atoms with E-state index < -0.39 is 28.6 Å². The highest BCUT2D eigenvalue weighted by Gasteiger charge is 2.29. The molecular weight excluding hydrogens is 336 g/mol. The van der Waals surface area contributed by atoms with Gasteiger partial charge in [0.15, 0.2) is 4.88 Å². The summed E-state index contributed by atoms with van der Waals surface area (Å²) in [5.74, 6) is -0.449. The topological polar surface area (TPSA) is 61.8 Å². The first kappa shape index (κ1) is 18.9. The maximum absolute atomic E-state index is 12.3. The Labute approximate surface area is 137 Å². The van der Waals surface area contributed by atoms with Gasteiger partial charge in [-0.1, -0.05) is 0 Å². The van der Waals surface area contributed by atoms with Crippen molar-refractivity contribution < 1.29 is 23.2 Å². The highest BCUT2D eigenvalue weighted by molar-refractivity contribution is 7.16. The lowest BCUT2D eigenvalue weighted by atomic mass is 10.4. The van der Waals surface area contributed by atoms with E-state index in [1.54, 1.807) is 6.07 Å². The van der Waals surface area contributed by atoms with E-state index in [2.05, 4.69) is 0 Å². The third-order valence-corrected chi connectivity index (χ3v) is 4.85. The molecule has 0 N–H and O–H groups in total. The summed E-state index contributed by atoms with van der Waals surface area (Å²) in [7, 11) is -4.00. The van der Waals surface area contributed by atoms with Gasteiger partial charge < -0.3 is 13.6 Å². The maximum Gasteiger partial charge on any atom is 0.338 e. The molecule has 0 aliphatic heterocycles. The molecule has 0 radical (unpaired) electrons. The van der Waals surface area contributed by atoms with Crippen LogP contribution in [0.4, 0.5) is 0 Å². The number of hydrogen-bond acceptors (Lipinski definition) is 6. The summed E-state index contributed by atoms with van der Waals surface area (Å²) in [4.78, 5) is 25.1. The largest absolute Gasteiger partial charge is 0.516 e. The van der Waals surface area contributed by atoms with E-state index in [9.17, 15) is 9.59 Å². The Balaban J connectivity index is 3.07. The second kappa shape index (κ2) is 6.97. The monoisotopic (exact) mass is 360 g/mol. The van der Waals surface area contributed by atoms with Crippen LogP contribution in [0.3, 0.4) is 0 Å². The van der Waals surface area contributed by atoms with Crippen molar-refractivity contribution in [2.45, 2.75) is 46.2 Å². The minimum atomic E-state index is -2.01. The fourth-order valence-corrected chi connectivity index (χ4v) is 3.86. The summed E-state index contributed by atoms with van der Waals surface area (Å²) >= 11 is 1.07. The van der Waals surface area contributed by atoms with Gasteiger partial charge in [-0.05, 0) is 46.2 Å². The molecule has 0 aromatic carbocycles. The summed E-state index contributed by atoms with van der Waals surface area (Å²) < 4.78 is 16.4. The Hall–Kier alpha value is -1.13. The zero-order valence-corrected chi connectivity index (χ0v) is 17.1. The molecule has 1 rings (SSSR count). The molecule has 0 spiro atoms. The van der Waals surface area contributed by atoms with Crippen LogP contribution in [0.25, 0.3) is 0 Å². The molecule has 1 heterocycles. The van der Waals surface area contributed by atoms with Gasteiger partial charge in [-0.25, -0.2) is 9.59 Å². The zero-order valence-electron chi connectivity index (χ0n) is 14.2. The molecule has 124 valence electrons. The van der Waals surface area contributed by atoms with Crippen molar-refractivity contribution in [3.05, 3.63) is 15.8 Å². The van der Waals surface area contributed by atoms with E-state index in [0.29, 0.717) is 22.1 Å². The van der Waals surface area contributed by atoms with Crippen LogP contribution in [0.15, 0.2) is 6.07 Å². The maximum atomic E-state index is 12.3. The van der Waals surface area contributed by atoms with Gasteiger partial charge in [-0.15, -0.1) is 11.3 Å². The van der Waals surface area contributed by atoms with E-state index in [4.69, 9.17) is 13.6 Å². The van der Waals surface area contributed by atoms with Crippen LogP contribution < -0.4 is 4.74 Å². The molecule has 0 aliphatic carbocycles. The van der Waals surface area contributed by atoms with Gasteiger partial charge in [0.05, 0.1) is 6.61 Å². The van der Waals surface area contributed by atoms with Crippen molar-refractivity contribution in [1.82, 2.24) is 0 Å². The lowest BCUT2D eigenvalue weighted by molar-refractivity contribution is 0.0717. The highest BCUT2D eigenvalue weighted by atomic mass is 32.1. The number of ether oxygens (including phenoxy) is 1. The van der Waals surface area contributed by atoms with Crippen LogP contribution in [0.1, 0.15) is 26.3 Å². The molecule has 0 saturated heterocycles. The number of rotatable bonds is 6. The van der Waals surface area contributed by atoms with Crippen molar-refractivity contribution in [3.63, 3.8) is 0 Å². The Morgan fingerprint density at radius 3 is 1.95 bits per heavy atom. The van der Waals surface area contributed by atoms with Crippen LogP contribution in [0.5, 0.6) is 5.75 Å². The van der Waals surface area contributed by atoms with Gasteiger partial charge in [0.25, 0.3) is 0 Å². The van der Waals surface area contributed by atoms with Crippen molar-refractivity contribution in [1.29, 1.82) is 0 Å². The third kappa shape index (κ3) is 5.94. The van der Waals surface area contributed by atoms with Crippen molar-refractivity contribution >= 4 is 39.9 Å². The number of carbonyl (C=O) groups is 2. The molecule has 0 aliphatic rings. The first-order valence-corrected chi connectivity index (χ1v) is 14.8. The van der Waals surface area contributed by atoms with Gasteiger partial charge in [-0.3, -0.25) is 0 Å². The van der Waals surface area contributed by atoms with Crippen LogP contribution >= 0.6 is 11.3 Å². The predicted molar refractivity (Wildman–Crippen MR) is 93.0 cm³/mol. The quantitative estimate of drug-likeness (QED) is 0.714. The normalized spacial score (nSPS) is 12.0. The van der Waals surface area contributed by atoms with Gasteiger partial charge in [0.1, 0.15) is 10.6 Å². The zero-order chi connectivity index (χ0) is 17.1. The van der Waals surface area contributed by atoms with Crippen LogP contribution in [-0.2, 0) is 8.85 Å². The third-order valence-electron chi connectivity index (χ3n) is 2.18. The Bertz CT molecular complexity index is 555. The molecule has 1 aromatic heterocycles. The summed E-state index contributed by atoms with van der Waals surface area (Å²) in [5, 5.41) is 0. The fraction of sp³-hybridized carbons (Fsp3) is 0.571. The molecule has 0 amide bonds. The molecule has 1 aromatic rings. The van der Waals surface area contributed by atoms with E-state index in [1.165, 1.54) is 0 Å². The van der Waals surface area contributed by atoms with E-state index >= 15 is 0 Å². The molecule has 0 unspecified atom stereocenters. The molecule has 0 fully saturated rings. The number of carbonyl (C=O) groups excluding carboxylic acids is 2. The van der Waals surface area contributed by atoms with Gasteiger partial charge in [0, 0.05) is 6.07 Å². The molecule has 0 saturated carbocycles. The summed E-state index contributed by atoms with van der Waals surface area (Å²) in [6.07, 6.45) is 0. The summed E-state index contributed by atoms with van der Waals surface area (Å²) in [5.41, 5.74) is 0. The number of thiophene rings is 1. The highest BCUT2D eigenvalue weighted by Crippen LogP contribution is 2.32. The standard InChI is InChI=1S/C14H24O5SSi2/c1-8-17-10-9-11(13(15)18-21(2,3)4)20-12(10)14(16)19-22(5,6)7/h9H,8H2,1-7H3. The second-order valence-corrected chi connectivity index (χ2v) is 16.7. The molecular formula is C14H24O5SSi2. The molecule has 5 nitrogen and oxygen atoms in total.